The molecule has 0 fully saturated rings. The summed E-state index contributed by atoms with van der Waals surface area (Å²) < 4.78 is 28.5. The molecule has 0 unspecified atom stereocenters. The molecule has 0 aliphatic heterocycles. The summed E-state index contributed by atoms with van der Waals surface area (Å²) in [5.74, 6) is -0.0893. The Morgan fingerprint density at radius 2 is 1.81 bits per heavy atom. The molecule has 1 aromatic carbocycles. The lowest BCUT2D eigenvalue weighted by atomic mass is 10.1. The van der Waals surface area contributed by atoms with Crippen LogP contribution in [0.15, 0.2) is 24.3 Å². The van der Waals surface area contributed by atoms with Crippen LogP contribution in [0.4, 0.5) is 8.78 Å². The molecule has 0 atom stereocenters. The maximum Gasteiger partial charge on any atom is 0.387 e. The molecule has 8 heteroatoms. The predicted octanol–water partition coefficient (Wildman–Crippen LogP) is 1.75. The van der Waals surface area contributed by atoms with Gasteiger partial charge in [-0.2, -0.15) is 8.78 Å². The molecule has 0 saturated heterocycles. The zero-order valence-electron chi connectivity index (χ0n) is 15.5. The normalized spacial score (nSPS) is 10.9. The zero-order chi connectivity index (χ0) is 19.5. The van der Waals surface area contributed by atoms with Crippen molar-refractivity contribution < 1.29 is 23.1 Å². The van der Waals surface area contributed by atoms with Crippen LogP contribution in [0.1, 0.15) is 18.9 Å². The van der Waals surface area contributed by atoms with Crippen molar-refractivity contribution in [3.63, 3.8) is 0 Å². The van der Waals surface area contributed by atoms with E-state index in [-0.39, 0.29) is 30.7 Å². The lowest BCUT2D eigenvalue weighted by Crippen LogP contribution is -2.43. The van der Waals surface area contributed by atoms with Crippen LogP contribution in [0.5, 0.6) is 5.75 Å². The number of carbonyl (C=O) groups excluding carboxylic acids is 2. The minimum atomic E-state index is -2.84. The number of benzene rings is 1. The Labute approximate surface area is 153 Å². The van der Waals surface area contributed by atoms with Crippen molar-refractivity contribution in [2.45, 2.75) is 26.4 Å². The van der Waals surface area contributed by atoms with Gasteiger partial charge in [-0.25, -0.2) is 0 Å². The molecule has 2 amide bonds. The van der Waals surface area contributed by atoms with Crippen LogP contribution in [-0.2, 0) is 16.0 Å². The molecule has 0 spiro atoms. The third-order valence-electron chi connectivity index (χ3n) is 3.65. The first-order valence-electron chi connectivity index (χ1n) is 8.54. The van der Waals surface area contributed by atoms with Gasteiger partial charge in [-0.3, -0.25) is 14.5 Å². The van der Waals surface area contributed by atoms with Gasteiger partial charge in [0.2, 0.25) is 11.8 Å². The Kier molecular flexibility index (Phi) is 9.57. The number of ether oxygens (including phenoxy) is 1. The molecule has 0 heterocycles. The summed E-state index contributed by atoms with van der Waals surface area (Å²) in [5, 5.41) is 2.81. The molecule has 26 heavy (non-hydrogen) atoms. The Morgan fingerprint density at radius 3 is 2.35 bits per heavy atom. The minimum absolute atomic E-state index is 0.0441. The fourth-order valence-corrected chi connectivity index (χ4v) is 2.31. The van der Waals surface area contributed by atoms with Gasteiger partial charge >= 0.3 is 6.61 Å². The SMILES string of the molecule is CCCN(CC(=O)NCCc1ccc(OC(F)F)cc1)CC(=O)N(C)C. The van der Waals surface area contributed by atoms with E-state index in [2.05, 4.69) is 10.1 Å². The van der Waals surface area contributed by atoms with Crippen LogP contribution in [0.2, 0.25) is 0 Å². The van der Waals surface area contributed by atoms with Gasteiger partial charge in [0, 0.05) is 20.6 Å². The van der Waals surface area contributed by atoms with Gasteiger partial charge in [0.15, 0.2) is 0 Å². The van der Waals surface area contributed by atoms with E-state index < -0.39 is 6.61 Å². The second-order valence-electron chi connectivity index (χ2n) is 6.12. The standard InChI is InChI=1S/C18H27F2N3O3/c1-4-11-23(13-17(25)22(2)3)12-16(24)21-10-9-14-5-7-15(8-6-14)26-18(19)20/h5-8,18H,4,9-13H2,1-3H3,(H,21,24). The van der Waals surface area contributed by atoms with Crippen LogP contribution in [0.25, 0.3) is 0 Å². The molecule has 1 aromatic rings. The highest BCUT2D eigenvalue weighted by molar-refractivity contribution is 5.80. The van der Waals surface area contributed by atoms with Crippen LogP contribution < -0.4 is 10.1 Å². The second kappa shape index (κ2) is 11.4. The maximum atomic E-state index is 12.1. The number of likely N-dealkylation sites (N-methyl/N-ethyl adjacent to an activating group) is 1. The molecule has 0 saturated carbocycles. The number of carbonyl (C=O) groups is 2. The lowest BCUT2D eigenvalue weighted by molar-refractivity contribution is -0.130. The Morgan fingerprint density at radius 1 is 1.15 bits per heavy atom. The quantitative estimate of drug-likeness (QED) is 0.644. The van der Waals surface area contributed by atoms with Gasteiger partial charge in [-0.05, 0) is 37.1 Å². The smallest absolute Gasteiger partial charge is 0.387 e. The van der Waals surface area contributed by atoms with Crippen molar-refractivity contribution in [1.82, 2.24) is 15.1 Å². The molecule has 6 nitrogen and oxygen atoms in total. The molecule has 1 N–H and O–H groups in total. The number of nitrogens with one attached hydrogen (secondary N) is 1. The van der Waals surface area contributed by atoms with Gasteiger partial charge in [0.05, 0.1) is 13.1 Å². The van der Waals surface area contributed by atoms with Gasteiger partial charge < -0.3 is 15.0 Å². The van der Waals surface area contributed by atoms with E-state index in [4.69, 9.17) is 0 Å². The highest BCUT2D eigenvalue weighted by atomic mass is 19.3. The first kappa shape index (κ1) is 21.8. The topological polar surface area (TPSA) is 61.9 Å². The minimum Gasteiger partial charge on any atom is -0.435 e. The van der Waals surface area contributed by atoms with Crippen LogP contribution in [0, 0.1) is 0 Å². The fraction of sp³-hybridized carbons (Fsp3) is 0.556. The molecule has 0 aromatic heterocycles. The molecule has 146 valence electrons. The van der Waals surface area contributed by atoms with Crippen molar-refractivity contribution in [3.05, 3.63) is 29.8 Å². The van der Waals surface area contributed by atoms with Gasteiger partial charge in [0.1, 0.15) is 5.75 Å². The Hall–Kier alpha value is -2.22. The number of halogens is 2. The molecular weight excluding hydrogens is 344 g/mol. The molecule has 0 bridgehead atoms. The summed E-state index contributed by atoms with van der Waals surface area (Å²) in [7, 11) is 3.37. The Balaban J connectivity index is 2.38. The average Bonchev–Trinajstić information content (AvgIpc) is 2.56. The highest BCUT2D eigenvalue weighted by Gasteiger charge is 2.14. The third-order valence-corrected chi connectivity index (χ3v) is 3.65. The summed E-state index contributed by atoms with van der Waals surface area (Å²) in [5.41, 5.74) is 0.903. The summed E-state index contributed by atoms with van der Waals surface area (Å²) in [6.07, 6.45) is 1.42. The second-order valence-corrected chi connectivity index (χ2v) is 6.12. The maximum absolute atomic E-state index is 12.1. The van der Waals surface area contributed by atoms with Crippen molar-refractivity contribution in [1.29, 1.82) is 0 Å². The molecule has 1 rings (SSSR count). The predicted molar refractivity (Wildman–Crippen MR) is 95.2 cm³/mol. The van der Waals surface area contributed by atoms with E-state index >= 15 is 0 Å². The highest BCUT2D eigenvalue weighted by Crippen LogP contribution is 2.14. The van der Waals surface area contributed by atoms with Crippen molar-refractivity contribution in [2.24, 2.45) is 0 Å². The van der Waals surface area contributed by atoms with Gasteiger partial charge in [-0.15, -0.1) is 0 Å². The van der Waals surface area contributed by atoms with E-state index in [9.17, 15) is 18.4 Å². The average molecular weight is 371 g/mol. The monoisotopic (exact) mass is 371 g/mol. The van der Waals surface area contributed by atoms with Gasteiger partial charge in [0.25, 0.3) is 0 Å². The summed E-state index contributed by atoms with van der Waals surface area (Å²) in [6, 6.07) is 6.31. The number of amides is 2. The van der Waals surface area contributed by atoms with Crippen molar-refractivity contribution >= 4 is 11.8 Å². The van der Waals surface area contributed by atoms with E-state index in [1.807, 2.05) is 11.8 Å². The van der Waals surface area contributed by atoms with E-state index in [0.717, 1.165) is 12.0 Å². The van der Waals surface area contributed by atoms with Crippen LogP contribution in [0.3, 0.4) is 0 Å². The molecule has 0 aliphatic carbocycles. The molecule has 0 radical (unpaired) electrons. The van der Waals surface area contributed by atoms with E-state index in [1.165, 1.54) is 17.0 Å². The number of hydrogen-bond acceptors (Lipinski definition) is 4. The largest absolute Gasteiger partial charge is 0.435 e. The van der Waals surface area contributed by atoms with E-state index in [0.29, 0.717) is 19.5 Å². The summed E-state index contributed by atoms with van der Waals surface area (Å²) in [4.78, 5) is 27.2. The van der Waals surface area contributed by atoms with Crippen LogP contribution in [-0.4, -0.2) is 68.5 Å². The summed E-state index contributed by atoms with van der Waals surface area (Å²) in [6.45, 7) is 0.611. The first-order valence-corrected chi connectivity index (χ1v) is 8.54. The van der Waals surface area contributed by atoms with Crippen molar-refractivity contribution in [2.75, 3.05) is 40.3 Å². The van der Waals surface area contributed by atoms with E-state index in [1.54, 1.807) is 26.2 Å². The molecule has 0 aliphatic rings. The Bertz CT molecular complexity index is 565. The van der Waals surface area contributed by atoms with Gasteiger partial charge in [-0.1, -0.05) is 19.1 Å². The molecular formula is C18H27F2N3O3. The summed E-state index contributed by atoms with van der Waals surface area (Å²) >= 11 is 0. The number of rotatable bonds is 11. The van der Waals surface area contributed by atoms with Crippen molar-refractivity contribution in [3.8, 4) is 5.75 Å². The zero-order valence-corrected chi connectivity index (χ0v) is 15.5. The third kappa shape index (κ3) is 8.75. The number of nitrogens with zero attached hydrogens (tertiary/aromatic N) is 2. The number of hydrogen-bond donors (Lipinski definition) is 1. The first-order chi connectivity index (χ1) is 12.3. The fourth-order valence-electron chi connectivity index (χ4n) is 2.31. The lowest BCUT2D eigenvalue weighted by Gasteiger charge is -2.22. The number of alkyl halides is 2. The van der Waals surface area contributed by atoms with Crippen LogP contribution >= 0.6 is 0 Å².